The van der Waals surface area contributed by atoms with E-state index in [4.69, 9.17) is 4.52 Å². The Balaban J connectivity index is 1.92. The Bertz CT molecular complexity index is 685. The molecule has 1 saturated heterocycles. The van der Waals surface area contributed by atoms with Gasteiger partial charge < -0.3 is 4.52 Å². The van der Waals surface area contributed by atoms with E-state index < -0.39 is 4.92 Å². The van der Waals surface area contributed by atoms with Gasteiger partial charge in [0.15, 0.2) is 5.78 Å². The molecule has 2 aromatic rings. The number of thioether (sulfide) groups is 1. The summed E-state index contributed by atoms with van der Waals surface area (Å²) in [6.07, 6.45) is 0. The molecule has 102 valence electrons. The Hall–Kier alpha value is -2.22. The third-order valence-electron chi connectivity index (χ3n) is 2.97. The molecule has 1 aliphatic heterocycles. The lowest BCUT2D eigenvalue weighted by Crippen LogP contribution is -2.09. The van der Waals surface area contributed by atoms with Gasteiger partial charge in [0.2, 0.25) is 11.7 Å². The van der Waals surface area contributed by atoms with Crippen LogP contribution in [0.2, 0.25) is 0 Å². The number of ketones is 1. The molecule has 1 aliphatic rings. The van der Waals surface area contributed by atoms with E-state index in [1.807, 2.05) is 0 Å². The van der Waals surface area contributed by atoms with Crippen molar-refractivity contribution >= 4 is 23.2 Å². The van der Waals surface area contributed by atoms with Crippen LogP contribution in [0.15, 0.2) is 28.8 Å². The number of hydrogen-bond donors (Lipinski definition) is 0. The van der Waals surface area contributed by atoms with Gasteiger partial charge in [0.1, 0.15) is 5.92 Å². The average Bonchev–Trinajstić information content (AvgIpc) is 3.07. The summed E-state index contributed by atoms with van der Waals surface area (Å²) in [5, 5.41) is 14.5. The number of non-ortho nitro benzene ring substituents is 1. The molecule has 20 heavy (non-hydrogen) atoms. The molecule has 1 fully saturated rings. The summed E-state index contributed by atoms with van der Waals surface area (Å²) < 4.78 is 5.11. The Morgan fingerprint density at radius 2 is 2.30 bits per heavy atom. The van der Waals surface area contributed by atoms with E-state index in [2.05, 4.69) is 10.1 Å². The van der Waals surface area contributed by atoms with Crippen molar-refractivity contribution in [2.24, 2.45) is 0 Å². The number of carbonyl (C=O) groups excluding carboxylic acids is 1. The zero-order chi connectivity index (χ0) is 14.1. The van der Waals surface area contributed by atoms with Gasteiger partial charge in [-0.2, -0.15) is 16.7 Å². The van der Waals surface area contributed by atoms with E-state index in [1.54, 1.807) is 12.1 Å². The van der Waals surface area contributed by atoms with Crippen molar-refractivity contribution in [3.63, 3.8) is 0 Å². The third kappa shape index (κ3) is 2.29. The minimum atomic E-state index is -0.484. The van der Waals surface area contributed by atoms with Crippen molar-refractivity contribution in [1.82, 2.24) is 10.1 Å². The standard InChI is InChI=1S/C12H9N3O4S/c16-10-6-20-5-9(10)12-13-11(14-19-12)7-2-1-3-8(4-7)15(17)18/h1-4,9H,5-6H2. The van der Waals surface area contributed by atoms with Gasteiger partial charge in [-0.05, 0) is 0 Å². The molecule has 0 saturated carbocycles. The number of carbonyl (C=O) groups is 1. The van der Waals surface area contributed by atoms with Gasteiger partial charge in [-0.25, -0.2) is 0 Å². The summed E-state index contributed by atoms with van der Waals surface area (Å²) in [6, 6.07) is 5.98. The molecule has 0 amide bonds. The topological polar surface area (TPSA) is 99.1 Å². The highest BCUT2D eigenvalue weighted by atomic mass is 32.2. The van der Waals surface area contributed by atoms with Crippen LogP contribution in [-0.4, -0.2) is 32.4 Å². The number of nitrogens with zero attached hydrogens (tertiary/aromatic N) is 3. The number of rotatable bonds is 3. The largest absolute Gasteiger partial charge is 0.338 e. The maximum atomic E-state index is 11.6. The predicted octanol–water partition coefficient (Wildman–Crippen LogP) is 2.04. The second kappa shape index (κ2) is 5.04. The molecular weight excluding hydrogens is 282 g/mol. The zero-order valence-corrected chi connectivity index (χ0v) is 11.0. The maximum absolute atomic E-state index is 11.6. The fourth-order valence-electron chi connectivity index (χ4n) is 1.93. The van der Waals surface area contributed by atoms with Crippen molar-refractivity contribution in [2.75, 3.05) is 11.5 Å². The number of Topliss-reactive ketones (excluding diaryl/α,β-unsaturated/α-hetero) is 1. The molecule has 2 heterocycles. The van der Waals surface area contributed by atoms with E-state index in [0.29, 0.717) is 17.1 Å². The molecule has 0 spiro atoms. The Kier molecular flexibility index (Phi) is 3.23. The van der Waals surface area contributed by atoms with E-state index >= 15 is 0 Å². The number of aromatic nitrogens is 2. The number of hydrogen-bond acceptors (Lipinski definition) is 7. The molecule has 0 N–H and O–H groups in total. The van der Waals surface area contributed by atoms with Crippen LogP contribution in [0.25, 0.3) is 11.4 Å². The molecule has 0 bridgehead atoms. The molecule has 3 rings (SSSR count). The van der Waals surface area contributed by atoms with Gasteiger partial charge in [0.05, 0.1) is 10.7 Å². The van der Waals surface area contributed by atoms with Gasteiger partial charge in [0.25, 0.3) is 5.69 Å². The van der Waals surface area contributed by atoms with Crippen molar-refractivity contribution in [2.45, 2.75) is 5.92 Å². The Labute approximate surface area is 117 Å². The normalized spacial score (nSPS) is 18.4. The van der Waals surface area contributed by atoms with E-state index in [9.17, 15) is 14.9 Å². The van der Waals surface area contributed by atoms with Gasteiger partial charge >= 0.3 is 0 Å². The number of benzene rings is 1. The zero-order valence-electron chi connectivity index (χ0n) is 10.2. The van der Waals surface area contributed by atoms with Crippen molar-refractivity contribution in [3.05, 3.63) is 40.3 Å². The minimum Gasteiger partial charge on any atom is -0.338 e. The Morgan fingerprint density at radius 1 is 1.45 bits per heavy atom. The number of nitro benzene ring substituents is 1. The lowest BCUT2D eigenvalue weighted by atomic mass is 10.1. The maximum Gasteiger partial charge on any atom is 0.270 e. The first kappa shape index (κ1) is 12.8. The van der Waals surface area contributed by atoms with Crippen LogP contribution >= 0.6 is 11.8 Å². The van der Waals surface area contributed by atoms with Crippen molar-refractivity contribution in [1.29, 1.82) is 0 Å². The first-order valence-corrected chi connectivity index (χ1v) is 6.99. The number of nitro groups is 1. The highest BCUT2D eigenvalue weighted by Gasteiger charge is 2.31. The van der Waals surface area contributed by atoms with E-state index in [-0.39, 0.29) is 29.1 Å². The summed E-state index contributed by atoms with van der Waals surface area (Å²) in [5.41, 5.74) is 0.452. The SMILES string of the molecule is O=C1CSCC1c1nc(-c2cccc([N+](=O)[O-])c2)no1. The highest BCUT2D eigenvalue weighted by Crippen LogP contribution is 2.30. The smallest absolute Gasteiger partial charge is 0.270 e. The second-order valence-corrected chi connectivity index (χ2v) is 5.33. The quantitative estimate of drug-likeness (QED) is 0.630. The van der Waals surface area contributed by atoms with E-state index in [0.717, 1.165) is 0 Å². The average molecular weight is 291 g/mol. The summed E-state index contributed by atoms with van der Waals surface area (Å²) in [7, 11) is 0. The molecule has 0 aliphatic carbocycles. The molecule has 1 atom stereocenters. The van der Waals surface area contributed by atoms with Crippen molar-refractivity contribution < 1.29 is 14.2 Å². The lowest BCUT2D eigenvalue weighted by molar-refractivity contribution is -0.384. The first-order valence-electron chi connectivity index (χ1n) is 5.84. The first-order chi connectivity index (χ1) is 9.65. The van der Waals surface area contributed by atoms with Crippen LogP contribution in [0.4, 0.5) is 5.69 Å². The summed E-state index contributed by atoms with van der Waals surface area (Å²) in [4.78, 5) is 26.1. The molecular formula is C12H9N3O4S. The molecule has 1 aromatic carbocycles. The Morgan fingerprint density at radius 3 is 3.00 bits per heavy atom. The van der Waals surface area contributed by atoms with Crippen LogP contribution in [0.3, 0.4) is 0 Å². The lowest BCUT2D eigenvalue weighted by Gasteiger charge is -1.97. The highest BCUT2D eigenvalue weighted by molar-refractivity contribution is 8.00. The fraction of sp³-hybridized carbons (Fsp3) is 0.250. The summed E-state index contributed by atoms with van der Waals surface area (Å²) in [6.45, 7) is 0. The molecule has 1 aromatic heterocycles. The molecule has 0 radical (unpaired) electrons. The summed E-state index contributed by atoms with van der Waals surface area (Å²) >= 11 is 1.53. The third-order valence-corrected chi connectivity index (χ3v) is 4.03. The molecule has 8 heteroatoms. The van der Waals surface area contributed by atoms with Crippen LogP contribution in [-0.2, 0) is 4.79 Å². The van der Waals surface area contributed by atoms with Crippen LogP contribution in [0.1, 0.15) is 11.8 Å². The summed E-state index contributed by atoms with van der Waals surface area (Å²) in [5.74, 6) is 1.34. The van der Waals surface area contributed by atoms with Gasteiger partial charge in [-0.1, -0.05) is 17.3 Å². The monoisotopic (exact) mass is 291 g/mol. The van der Waals surface area contributed by atoms with Gasteiger partial charge in [-0.3, -0.25) is 14.9 Å². The molecule has 7 nitrogen and oxygen atoms in total. The van der Waals surface area contributed by atoms with E-state index in [1.165, 1.54) is 23.9 Å². The van der Waals surface area contributed by atoms with Gasteiger partial charge in [0, 0.05) is 23.4 Å². The van der Waals surface area contributed by atoms with Crippen LogP contribution < -0.4 is 0 Å². The molecule has 1 unspecified atom stereocenters. The van der Waals surface area contributed by atoms with Crippen LogP contribution in [0.5, 0.6) is 0 Å². The fourth-order valence-corrected chi connectivity index (χ4v) is 3.02. The van der Waals surface area contributed by atoms with Crippen molar-refractivity contribution in [3.8, 4) is 11.4 Å². The van der Waals surface area contributed by atoms with Crippen LogP contribution in [0, 0.1) is 10.1 Å². The predicted molar refractivity (Wildman–Crippen MR) is 71.5 cm³/mol. The van der Waals surface area contributed by atoms with Gasteiger partial charge in [-0.15, -0.1) is 0 Å². The second-order valence-electron chi connectivity index (χ2n) is 4.30. The minimum absolute atomic E-state index is 0.0404.